The topological polar surface area (TPSA) is 25.8 Å². The second-order valence-corrected chi connectivity index (χ2v) is 9.68. The lowest BCUT2D eigenvalue weighted by Gasteiger charge is -2.23. The highest BCUT2D eigenvalue weighted by atomic mass is 79.9. The van der Waals surface area contributed by atoms with Gasteiger partial charge in [0.1, 0.15) is 0 Å². The van der Waals surface area contributed by atoms with E-state index < -0.39 is 0 Å². The van der Waals surface area contributed by atoms with Gasteiger partial charge in [-0.05, 0) is 70.3 Å². The van der Waals surface area contributed by atoms with Gasteiger partial charge in [0.2, 0.25) is 0 Å². The second-order valence-electron chi connectivity index (χ2n) is 8.77. The molecule has 4 aromatic carbocycles. The van der Waals surface area contributed by atoms with E-state index in [1.165, 1.54) is 0 Å². The summed E-state index contributed by atoms with van der Waals surface area (Å²) >= 11 is 3.69. The van der Waals surface area contributed by atoms with Gasteiger partial charge in [-0.3, -0.25) is 9.97 Å². The predicted octanol–water partition coefficient (Wildman–Crippen LogP) is 9.57. The molecule has 2 aromatic heterocycles. The molecule has 37 heavy (non-hydrogen) atoms. The van der Waals surface area contributed by atoms with Gasteiger partial charge in [0, 0.05) is 33.6 Å². The lowest BCUT2D eigenvalue weighted by molar-refractivity contribution is 1.31. The summed E-state index contributed by atoms with van der Waals surface area (Å²) in [4.78, 5) is 9.65. The van der Waals surface area contributed by atoms with Crippen molar-refractivity contribution in [2.45, 2.75) is 0 Å². The van der Waals surface area contributed by atoms with Gasteiger partial charge >= 0.3 is 0 Å². The molecule has 0 aliphatic carbocycles. The number of pyridine rings is 2. The zero-order valence-corrected chi connectivity index (χ0v) is 21.6. The first-order valence-corrected chi connectivity index (χ1v) is 13.0. The number of benzene rings is 4. The highest BCUT2D eigenvalue weighted by Gasteiger charge is 2.24. The van der Waals surface area contributed by atoms with E-state index in [-0.39, 0.29) is 0 Å². The van der Waals surface area contributed by atoms with Crippen LogP contribution < -0.4 is 0 Å². The van der Waals surface area contributed by atoms with Crippen LogP contribution in [-0.2, 0) is 0 Å². The van der Waals surface area contributed by atoms with Crippen LogP contribution in [-0.4, -0.2) is 9.97 Å². The Bertz CT molecular complexity index is 1650. The van der Waals surface area contributed by atoms with Crippen molar-refractivity contribution in [1.29, 1.82) is 0 Å². The molecule has 0 atom stereocenters. The van der Waals surface area contributed by atoms with Crippen LogP contribution in [0, 0.1) is 0 Å². The molecular weight excluding hydrogens is 516 g/mol. The molecule has 0 aliphatic heterocycles. The molecule has 6 aromatic rings. The smallest absolute Gasteiger partial charge is 0.0714 e. The van der Waals surface area contributed by atoms with Crippen molar-refractivity contribution in [1.82, 2.24) is 9.97 Å². The van der Waals surface area contributed by atoms with Crippen molar-refractivity contribution < 1.29 is 0 Å². The van der Waals surface area contributed by atoms with Crippen molar-refractivity contribution >= 4 is 15.9 Å². The molecule has 0 saturated carbocycles. The summed E-state index contributed by atoms with van der Waals surface area (Å²) in [5.74, 6) is 0. The molecule has 2 nitrogen and oxygen atoms in total. The average molecular weight is 539 g/mol. The molecule has 0 fully saturated rings. The normalized spacial score (nSPS) is 10.8. The zero-order chi connectivity index (χ0) is 25.0. The first-order valence-electron chi connectivity index (χ1n) is 12.2. The van der Waals surface area contributed by atoms with E-state index in [4.69, 9.17) is 9.97 Å². The predicted molar refractivity (Wildman–Crippen MR) is 157 cm³/mol. The lowest BCUT2D eigenvalue weighted by atomic mass is 9.80. The van der Waals surface area contributed by atoms with Gasteiger partial charge in [0.15, 0.2) is 0 Å². The molecule has 0 amide bonds. The standard InChI is InChI=1S/C34H23BrN2/c35-27-17-11-16-26(22-27)28-23-29(30-18-7-9-20-36-30)32(24-12-3-1-4-13-24)33(25-14-5-2-6-15-25)34(28)31-19-8-10-21-37-31/h1-23H. The fraction of sp³-hybridized carbons (Fsp3) is 0. The van der Waals surface area contributed by atoms with Gasteiger partial charge in [-0.15, -0.1) is 0 Å². The summed E-state index contributed by atoms with van der Waals surface area (Å²) in [5.41, 5.74) is 10.8. The quantitative estimate of drug-likeness (QED) is 0.218. The van der Waals surface area contributed by atoms with Gasteiger partial charge in [-0.25, -0.2) is 0 Å². The number of nitrogens with zero attached hydrogens (tertiary/aromatic N) is 2. The Labute approximate surface area is 225 Å². The van der Waals surface area contributed by atoms with E-state index in [2.05, 4.69) is 125 Å². The molecule has 0 N–H and O–H groups in total. The molecule has 6 rings (SSSR count). The van der Waals surface area contributed by atoms with Crippen LogP contribution in [0.2, 0.25) is 0 Å². The molecular formula is C34H23BrN2. The summed E-state index contributed by atoms with van der Waals surface area (Å²) < 4.78 is 1.03. The Morgan fingerprint density at radius 2 is 0.973 bits per heavy atom. The minimum atomic E-state index is 0.932. The van der Waals surface area contributed by atoms with Gasteiger partial charge < -0.3 is 0 Å². The Kier molecular flexibility index (Phi) is 6.45. The van der Waals surface area contributed by atoms with Crippen LogP contribution in [0.15, 0.2) is 144 Å². The van der Waals surface area contributed by atoms with Gasteiger partial charge in [0.25, 0.3) is 0 Å². The fourth-order valence-electron chi connectivity index (χ4n) is 4.87. The summed E-state index contributed by atoms with van der Waals surface area (Å²) in [6, 6.07) is 44.2. The van der Waals surface area contributed by atoms with Crippen molar-refractivity contribution in [2.24, 2.45) is 0 Å². The van der Waals surface area contributed by atoms with E-state index in [1.54, 1.807) is 0 Å². The third-order valence-electron chi connectivity index (χ3n) is 6.45. The van der Waals surface area contributed by atoms with Crippen LogP contribution >= 0.6 is 15.9 Å². The Morgan fingerprint density at radius 1 is 0.405 bits per heavy atom. The minimum absolute atomic E-state index is 0.932. The maximum absolute atomic E-state index is 4.85. The van der Waals surface area contributed by atoms with E-state index in [1.807, 2.05) is 30.6 Å². The Morgan fingerprint density at radius 3 is 1.57 bits per heavy atom. The fourth-order valence-corrected chi connectivity index (χ4v) is 5.26. The number of hydrogen-bond donors (Lipinski definition) is 0. The van der Waals surface area contributed by atoms with E-state index in [0.29, 0.717) is 0 Å². The van der Waals surface area contributed by atoms with Crippen LogP contribution in [0.3, 0.4) is 0 Å². The molecule has 0 radical (unpaired) electrons. The molecule has 3 heteroatoms. The summed E-state index contributed by atoms with van der Waals surface area (Å²) in [6.07, 6.45) is 3.72. The highest BCUT2D eigenvalue weighted by Crippen LogP contribution is 2.49. The number of aromatic nitrogens is 2. The average Bonchev–Trinajstić information content (AvgIpc) is 2.98. The number of hydrogen-bond acceptors (Lipinski definition) is 2. The van der Waals surface area contributed by atoms with Crippen molar-refractivity contribution in [3.63, 3.8) is 0 Å². The Balaban J connectivity index is 1.85. The largest absolute Gasteiger partial charge is 0.256 e. The van der Waals surface area contributed by atoms with Crippen LogP contribution in [0.1, 0.15) is 0 Å². The van der Waals surface area contributed by atoms with Gasteiger partial charge in [-0.1, -0.05) is 101 Å². The summed E-state index contributed by atoms with van der Waals surface area (Å²) in [5, 5.41) is 0. The monoisotopic (exact) mass is 538 g/mol. The molecule has 0 unspecified atom stereocenters. The minimum Gasteiger partial charge on any atom is -0.256 e. The third kappa shape index (κ3) is 4.62. The van der Waals surface area contributed by atoms with E-state index in [9.17, 15) is 0 Å². The summed E-state index contributed by atoms with van der Waals surface area (Å²) in [6.45, 7) is 0. The summed E-state index contributed by atoms with van der Waals surface area (Å²) in [7, 11) is 0. The van der Waals surface area contributed by atoms with Crippen molar-refractivity contribution in [2.75, 3.05) is 0 Å². The maximum Gasteiger partial charge on any atom is 0.0714 e. The van der Waals surface area contributed by atoms with Crippen molar-refractivity contribution in [3.05, 3.63) is 144 Å². The van der Waals surface area contributed by atoms with E-state index in [0.717, 1.165) is 60.4 Å². The van der Waals surface area contributed by atoms with Crippen LogP contribution in [0.4, 0.5) is 0 Å². The number of halogens is 1. The van der Waals surface area contributed by atoms with E-state index >= 15 is 0 Å². The Hall–Kier alpha value is -4.34. The SMILES string of the molecule is Brc1cccc(-c2cc(-c3ccccn3)c(-c3ccccc3)c(-c3ccccc3)c2-c2ccccn2)c1. The van der Waals surface area contributed by atoms with Crippen LogP contribution in [0.5, 0.6) is 0 Å². The van der Waals surface area contributed by atoms with Gasteiger partial charge in [0.05, 0.1) is 11.4 Å². The molecule has 176 valence electrons. The molecule has 2 heterocycles. The second kappa shape index (κ2) is 10.3. The first kappa shape index (κ1) is 23.1. The molecule has 0 saturated heterocycles. The first-order chi connectivity index (χ1) is 18.3. The molecule has 0 spiro atoms. The zero-order valence-electron chi connectivity index (χ0n) is 20.1. The van der Waals surface area contributed by atoms with Gasteiger partial charge in [-0.2, -0.15) is 0 Å². The highest BCUT2D eigenvalue weighted by molar-refractivity contribution is 9.10. The van der Waals surface area contributed by atoms with Crippen LogP contribution in [0.25, 0.3) is 55.9 Å². The molecule has 0 bridgehead atoms. The molecule has 0 aliphatic rings. The third-order valence-corrected chi connectivity index (χ3v) is 6.94. The lowest BCUT2D eigenvalue weighted by Crippen LogP contribution is -1.99. The number of rotatable bonds is 5. The van der Waals surface area contributed by atoms with Crippen molar-refractivity contribution in [3.8, 4) is 55.9 Å². The maximum atomic E-state index is 4.85.